The van der Waals surface area contributed by atoms with E-state index < -0.39 is 5.91 Å². The van der Waals surface area contributed by atoms with Crippen LogP contribution in [0.3, 0.4) is 0 Å². The molecule has 0 radical (unpaired) electrons. The molecule has 2 atom stereocenters. The van der Waals surface area contributed by atoms with Gasteiger partial charge in [0.25, 0.3) is 5.91 Å². The summed E-state index contributed by atoms with van der Waals surface area (Å²) >= 11 is 13.1. The zero-order valence-corrected chi connectivity index (χ0v) is 16.6. The Balaban J connectivity index is 1.89. The van der Waals surface area contributed by atoms with Crippen LogP contribution >= 0.6 is 23.2 Å². The lowest BCUT2D eigenvalue weighted by Crippen LogP contribution is -2.32. The van der Waals surface area contributed by atoms with E-state index in [9.17, 15) is 4.79 Å². The number of nitrogens with one attached hydrogen (secondary N) is 1. The molecule has 4 rings (SSSR count). The molecule has 0 bridgehead atoms. The van der Waals surface area contributed by atoms with Crippen LogP contribution in [0.1, 0.15) is 35.1 Å². The summed E-state index contributed by atoms with van der Waals surface area (Å²) in [4.78, 5) is 16.2. The lowest BCUT2D eigenvalue weighted by molar-refractivity contribution is -0.0635. The fourth-order valence-electron chi connectivity index (χ4n) is 3.58. The van der Waals surface area contributed by atoms with Crippen LogP contribution < -0.4 is 11.1 Å². The first-order valence-electron chi connectivity index (χ1n) is 9.17. The fraction of sp³-hybridized carbons (Fsp3) is 0.474. The van der Waals surface area contributed by atoms with E-state index in [2.05, 4.69) is 22.1 Å². The van der Waals surface area contributed by atoms with Gasteiger partial charge in [-0.05, 0) is 31.4 Å². The Morgan fingerprint density at radius 3 is 2.93 bits per heavy atom. The second kappa shape index (κ2) is 8.27. The number of carbonyl (C=O) groups is 1. The van der Waals surface area contributed by atoms with Gasteiger partial charge in [0.15, 0.2) is 0 Å². The van der Waals surface area contributed by atoms with Gasteiger partial charge in [-0.25, -0.2) is 4.98 Å². The molecule has 0 saturated carbocycles. The summed E-state index contributed by atoms with van der Waals surface area (Å²) in [5.74, 6) is 5.59. The number of rotatable bonds is 2. The van der Waals surface area contributed by atoms with Crippen molar-refractivity contribution in [2.75, 3.05) is 32.9 Å². The van der Waals surface area contributed by atoms with Crippen molar-refractivity contribution in [3.05, 3.63) is 27.5 Å². The SMILES string of the molecule is NC(=O)c1cc(Cl)c2c(Cl)c(C#CC3COCCO3)n([C@H]3CCCNC3)c2n1. The number of hydrogen-bond donors (Lipinski definition) is 2. The van der Waals surface area contributed by atoms with E-state index in [4.69, 9.17) is 38.4 Å². The van der Waals surface area contributed by atoms with E-state index in [0.29, 0.717) is 46.6 Å². The van der Waals surface area contributed by atoms with E-state index in [1.165, 1.54) is 6.07 Å². The van der Waals surface area contributed by atoms with Gasteiger partial charge >= 0.3 is 0 Å². The minimum atomic E-state index is -0.644. The van der Waals surface area contributed by atoms with Crippen molar-refractivity contribution in [2.24, 2.45) is 5.73 Å². The van der Waals surface area contributed by atoms with Crippen LogP contribution in [0.25, 0.3) is 11.0 Å². The Kier molecular flexibility index (Phi) is 5.76. The highest BCUT2D eigenvalue weighted by Gasteiger charge is 2.26. The Morgan fingerprint density at radius 2 is 2.25 bits per heavy atom. The largest absolute Gasteiger partial charge is 0.375 e. The molecule has 148 valence electrons. The lowest BCUT2D eigenvalue weighted by atomic mass is 10.1. The number of hydrogen-bond acceptors (Lipinski definition) is 5. The Bertz CT molecular complexity index is 967. The molecule has 9 heteroatoms. The van der Waals surface area contributed by atoms with Crippen LogP contribution in [-0.4, -0.2) is 54.5 Å². The van der Waals surface area contributed by atoms with Gasteiger partial charge < -0.3 is 25.1 Å². The van der Waals surface area contributed by atoms with Crippen LogP contribution in [0.5, 0.6) is 0 Å². The lowest BCUT2D eigenvalue weighted by Gasteiger charge is -2.26. The quantitative estimate of drug-likeness (QED) is 0.723. The molecule has 3 N–H and O–H groups in total. The number of nitrogens with two attached hydrogens (primary N) is 1. The molecule has 2 aliphatic heterocycles. The second-order valence-corrected chi connectivity index (χ2v) is 7.57. The van der Waals surface area contributed by atoms with Crippen molar-refractivity contribution in [3.8, 4) is 11.8 Å². The van der Waals surface area contributed by atoms with Gasteiger partial charge in [-0.15, -0.1) is 0 Å². The number of amides is 1. The van der Waals surface area contributed by atoms with Crippen LogP contribution in [0.15, 0.2) is 6.07 Å². The van der Waals surface area contributed by atoms with Crippen LogP contribution in [0.4, 0.5) is 0 Å². The molecule has 7 nitrogen and oxygen atoms in total. The van der Waals surface area contributed by atoms with Gasteiger partial charge in [0.05, 0.1) is 35.3 Å². The molecular formula is C19H20Cl2N4O3. The van der Waals surface area contributed by atoms with E-state index in [0.717, 1.165) is 25.9 Å². The molecule has 2 aliphatic rings. The fourth-order valence-corrected chi connectivity index (χ4v) is 4.23. The summed E-state index contributed by atoms with van der Waals surface area (Å²) in [5.41, 5.74) is 6.65. The maximum atomic E-state index is 11.7. The molecule has 1 unspecified atom stereocenters. The molecule has 2 fully saturated rings. The summed E-state index contributed by atoms with van der Waals surface area (Å²) in [7, 11) is 0. The maximum absolute atomic E-state index is 11.7. The molecule has 2 aromatic rings. The number of piperidine rings is 1. The van der Waals surface area contributed by atoms with Crippen LogP contribution in [0.2, 0.25) is 10.0 Å². The zero-order valence-electron chi connectivity index (χ0n) is 15.1. The normalized spacial score (nSPS) is 22.6. The molecule has 0 aliphatic carbocycles. The third kappa shape index (κ3) is 3.71. The number of pyridine rings is 1. The monoisotopic (exact) mass is 422 g/mol. The van der Waals surface area contributed by atoms with Crippen molar-refractivity contribution in [1.82, 2.24) is 14.9 Å². The molecular weight excluding hydrogens is 403 g/mol. The van der Waals surface area contributed by atoms with Crippen molar-refractivity contribution in [2.45, 2.75) is 25.0 Å². The highest BCUT2D eigenvalue weighted by molar-refractivity contribution is 6.43. The summed E-state index contributed by atoms with van der Waals surface area (Å²) < 4.78 is 13.0. The molecule has 28 heavy (non-hydrogen) atoms. The molecule has 4 heterocycles. The first-order valence-corrected chi connectivity index (χ1v) is 9.93. The van der Waals surface area contributed by atoms with E-state index in [-0.39, 0.29) is 17.8 Å². The molecule has 1 amide bonds. The van der Waals surface area contributed by atoms with Gasteiger partial charge in [0.1, 0.15) is 23.1 Å². The summed E-state index contributed by atoms with van der Waals surface area (Å²) in [5, 5.41) is 4.70. The minimum Gasteiger partial charge on any atom is -0.375 e. The number of carbonyl (C=O) groups excluding carboxylic acids is 1. The van der Waals surface area contributed by atoms with Gasteiger partial charge in [-0.1, -0.05) is 29.1 Å². The molecule has 2 aromatic heterocycles. The highest BCUT2D eigenvalue weighted by atomic mass is 35.5. The molecule has 2 saturated heterocycles. The number of nitrogens with zero attached hydrogens (tertiary/aromatic N) is 2. The van der Waals surface area contributed by atoms with Crippen LogP contribution in [-0.2, 0) is 9.47 Å². The average Bonchev–Trinajstić information content (AvgIpc) is 3.00. The predicted octanol–water partition coefficient (Wildman–Crippen LogP) is 2.13. The number of aromatic nitrogens is 2. The molecule has 0 aromatic carbocycles. The van der Waals surface area contributed by atoms with Crippen molar-refractivity contribution >= 4 is 40.1 Å². The minimum absolute atomic E-state index is 0.0864. The predicted molar refractivity (Wildman–Crippen MR) is 107 cm³/mol. The summed E-state index contributed by atoms with van der Waals surface area (Å²) in [6.07, 6.45) is 1.63. The van der Waals surface area contributed by atoms with Gasteiger partial charge in [-0.2, -0.15) is 0 Å². The second-order valence-electron chi connectivity index (χ2n) is 6.79. The number of fused-ring (bicyclic) bond motifs is 1. The maximum Gasteiger partial charge on any atom is 0.267 e. The smallest absolute Gasteiger partial charge is 0.267 e. The number of primary amides is 1. The van der Waals surface area contributed by atoms with Gasteiger partial charge in [-0.3, -0.25) is 4.79 Å². The van der Waals surface area contributed by atoms with Gasteiger partial charge in [0, 0.05) is 12.6 Å². The number of ether oxygens (including phenoxy) is 2. The first-order chi connectivity index (χ1) is 13.6. The Morgan fingerprint density at radius 1 is 1.39 bits per heavy atom. The summed E-state index contributed by atoms with van der Waals surface area (Å²) in [6.45, 7) is 3.21. The van der Waals surface area contributed by atoms with E-state index >= 15 is 0 Å². The first kappa shape index (κ1) is 19.5. The third-order valence-electron chi connectivity index (χ3n) is 4.90. The number of halogens is 2. The Hall–Kier alpha value is -1.82. The van der Waals surface area contributed by atoms with E-state index in [1.54, 1.807) is 0 Å². The van der Waals surface area contributed by atoms with Crippen molar-refractivity contribution < 1.29 is 14.3 Å². The van der Waals surface area contributed by atoms with Crippen molar-refractivity contribution in [1.29, 1.82) is 0 Å². The topological polar surface area (TPSA) is 91.4 Å². The average molecular weight is 423 g/mol. The van der Waals surface area contributed by atoms with E-state index in [1.807, 2.05) is 4.57 Å². The summed E-state index contributed by atoms with van der Waals surface area (Å²) in [6, 6.07) is 1.53. The highest BCUT2D eigenvalue weighted by Crippen LogP contribution is 2.38. The third-order valence-corrected chi connectivity index (χ3v) is 5.57. The zero-order chi connectivity index (χ0) is 19.7. The van der Waals surface area contributed by atoms with Gasteiger partial charge in [0.2, 0.25) is 0 Å². The standard InChI is InChI=1S/C19H20Cl2N4O3/c20-13-8-14(18(22)26)24-19-16(13)17(21)15(4-3-12-10-27-6-7-28-12)25(19)11-2-1-5-23-9-11/h8,11-12,23H,1-2,5-7,9-10H2,(H2,22,26)/t11-,12?/m0/s1. The van der Waals surface area contributed by atoms with Crippen molar-refractivity contribution in [3.63, 3.8) is 0 Å². The Labute approximate surface area is 172 Å². The molecule has 0 spiro atoms. The van der Waals surface area contributed by atoms with Crippen LogP contribution in [0, 0.1) is 11.8 Å².